The average molecular weight is 390 g/mol. The molecular weight excluding hydrogens is 362 g/mol. The summed E-state index contributed by atoms with van der Waals surface area (Å²) >= 11 is 0. The van der Waals surface area contributed by atoms with Crippen molar-refractivity contribution in [1.29, 1.82) is 0 Å². The Labute approximate surface area is 150 Å². The van der Waals surface area contributed by atoms with Gasteiger partial charge >= 0.3 is 0 Å². The summed E-state index contributed by atoms with van der Waals surface area (Å²) in [5.41, 5.74) is 0.952. The van der Waals surface area contributed by atoms with Gasteiger partial charge in [0, 0.05) is 6.04 Å². The monoisotopic (exact) mass is 389 g/mol. The molecule has 1 saturated heterocycles. The number of aryl methyl sites for hydroxylation is 1. The molecule has 2 heterocycles. The maximum Gasteiger partial charge on any atom is 0.244 e. The van der Waals surface area contributed by atoms with Crippen molar-refractivity contribution in [3.8, 4) is 0 Å². The molecule has 1 aromatic heterocycles. The molecule has 2 aliphatic rings. The van der Waals surface area contributed by atoms with Gasteiger partial charge in [-0.2, -0.15) is 5.10 Å². The van der Waals surface area contributed by atoms with Gasteiger partial charge in [-0.25, -0.2) is 21.6 Å². The summed E-state index contributed by atoms with van der Waals surface area (Å²) in [6, 6.07) is -0.325. The minimum Gasteiger partial charge on any atom is -0.264 e. The van der Waals surface area contributed by atoms with Crippen LogP contribution in [0.1, 0.15) is 56.5 Å². The van der Waals surface area contributed by atoms with Crippen LogP contribution < -0.4 is 4.72 Å². The van der Waals surface area contributed by atoms with Gasteiger partial charge in [0.15, 0.2) is 9.84 Å². The fourth-order valence-electron chi connectivity index (χ4n) is 4.11. The summed E-state index contributed by atoms with van der Waals surface area (Å²) < 4.78 is 53.9. The minimum atomic E-state index is -3.67. The van der Waals surface area contributed by atoms with E-state index in [-0.39, 0.29) is 28.5 Å². The van der Waals surface area contributed by atoms with Crippen molar-refractivity contribution in [2.24, 2.45) is 5.92 Å². The van der Waals surface area contributed by atoms with Crippen LogP contribution in [0.4, 0.5) is 0 Å². The van der Waals surface area contributed by atoms with Crippen LogP contribution in [0.2, 0.25) is 0 Å². The number of rotatable bonds is 4. The Hall–Kier alpha value is -0.930. The summed E-state index contributed by atoms with van der Waals surface area (Å²) in [4.78, 5) is 0.203. The molecule has 0 amide bonds. The van der Waals surface area contributed by atoms with Gasteiger partial charge in [-0.3, -0.25) is 4.68 Å². The molecule has 0 bridgehead atoms. The molecule has 9 heteroatoms. The number of nitrogens with one attached hydrogen (secondary N) is 1. The molecule has 0 unspecified atom stereocenters. The highest BCUT2D eigenvalue weighted by Crippen LogP contribution is 2.30. The zero-order chi connectivity index (χ0) is 18.4. The fourth-order valence-corrected chi connectivity index (χ4v) is 7.58. The number of sulfonamides is 1. The Bertz CT molecular complexity index is 858. The fraction of sp³-hybridized carbons (Fsp3) is 0.812. The summed E-state index contributed by atoms with van der Waals surface area (Å²) in [5, 5.41) is 4.37. The van der Waals surface area contributed by atoms with Gasteiger partial charge in [-0.15, -0.1) is 0 Å². The van der Waals surface area contributed by atoms with E-state index >= 15 is 0 Å². The van der Waals surface area contributed by atoms with Crippen LogP contribution in [0.5, 0.6) is 0 Å². The molecule has 142 valence electrons. The van der Waals surface area contributed by atoms with Gasteiger partial charge in [0.1, 0.15) is 4.90 Å². The van der Waals surface area contributed by atoms with E-state index in [1.54, 1.807) is 18.5 Å². The van der Waals surface area contributed by atoms with Gasteiger partial charge in [0.05, 0.1) is 28.9 Å². The van der Waals surface area contributed by atoms with E-state index in [1.807, 2.05) is 0 Å². The van der Waals surface area contributed by atoms with Gasteiger partial charge < -0.3 is 0 Å². The van der Waals surface area contributed by atoms with Crippen LogP contribution in [0, 0.1) is 19.8 Å². The third-order valence-electron chi connectivity index (χ3n) is 5.50. The molecule has 1 aliphatic heterocycles. The van der Waals surface area contributed by atoms with E-state index in [0.29, 0.717) is 23.7 Å². The molecule has 0 aromatic carbocycles. The number of hydrogen-bond acceptors (Lipinski definition) is 5. The highest BCUT2D eigenvalue weighted by atomic mass is 32.2. The number of aromatic nitrogens is 2. The Morgan fingerprint density at radius 2 is 1.84 bits per heavy atom. The van der Waals surface area contributed by atoms with Crippen molar-refractivity contribution in [2.75, 3.05) is 11.5 Å². The van der Waals surface area contributed by atoms with Crippen LogP contribution in [0.15, 0.2) is 4.90 Å². The van der Waals surface area contributed by atoms with Crippen LogP contribution in [0.3, 0.4) is 0 Å². The number of sulfone groups is 1. The van der Waals surface area contributed by atoms with Crippen molar-refractivity contribution in [1.82, 2.24) is 14.5 Å². The first-order chi connectivity index (χ1) is 11.6. The summed E-state index contributed by atoms with van der Waals surface area (Å²) in [5.74, 6) is 0.483. The number of hydrogen-bond donors (Lipinski definition) is 1. The molecule has 0 spiro atoms. The average Bonchev–Trinajstić information content (AvgIpc) is 3.00. The normalized spacial score (nSPS) is 29.8. The zero-order valence-corrected chi connectivity index (χ0v) is 16.7. The zero-order valence-electron chi connectivity index (χ0n) is 15.0. The predicted molar refractivity (Wildman–Crippen MR) is 95.8 cm³/mol. The Morgan fingerprint density at radius 3 is 2.44 bits per heavy atom. The van der Waals surface area contributed by atoms with Crippen LogP contribution in [-0.2, 0) is 19.9 Å². The SMILES string of the molecule is Cc1nn([C@@H]2CCS(=O)(=O)C2)c(C)c1S(=O)(=O)N[C@H]1CCCC[C@@H]1C. The van der Waals surface area contributed by atoms with Crippen molar-refractivity contribution in [3.63, 3.8) is 0 Å². The van der Waals surface area contributed by atoms with E-state index < -0.39 is 19.9 Å². The minimum absolute atomic E-state index is 0.0293. The molecule has 3 atom stereocenters. The molecule has 1 aliphatic carbocycles. The van der Waals surface area contributed by atoms with E-state index in [0.717, 1.165) is 25.7 Å². The third kappa shape index (κ3) is 3.78. The number of nitrogens with zero attached hydrogens (tertiary/aromatic N) is 2. The standard InChI is InChI=1S/C16H27N3O4S2/c1-11-6-4-5-7-15(11)18-25(22,23)16-12(2)17-19(13(16)3)14-8-9-24(20,21)10-14/h11,14-15,18H,4-10H2,1-3H3/t11-,14+,15-/m0/s1. The molecule has 25 heavy (non-hydrogen) atoms. The molecule has 1 N–H and O–H groups in total. The molecule has 2 fully saturated rings. The van der Waals surface area contributed by atoms with Gasteiger partial charge in [-0.05, 0) is 39.0 Å². The summed E-state index contributed by atoms with van der Waals surface area (Å²) in [7, 11) is -6.73. The Morgan fingerprint density at radius 1 is 1.16 bits per heavy atom. The van der Waals surface area contributed by atoms with Crippen LogP contribution >= 0.6 is 0 Å². The van der Waals surface area contributed by atoms with Crippen molar-refractivity contribution in [2.45, 2.75) is 69.9 Å². The van der Waals surface area contributed by atoms with Gasteiger partial charge in [0.25, 0.3) is 0 Å². The molecule has 1 aromatic rings. The first kappa shape index (κ1) is 18.8. The maximum absolute atomic E-state index is 13.0. The smallest absolute Gasteiger partial charge is 0.244 e. The summed E-state index contributed by atoms with van der Waals surface area (Å²) in [6.07, 6.45) is 4.55. The van der Waals surface area contributed by atoms with E-state index in [2.05, 4.69) is 16.7 Å². The predicted octanol–water partition coefficient (Wildman–Crippen LogP) is 1.72. The maximum atomic E-state index is 13.0. The molecule has 1 saturated carbocycles. The van der Waals surface area contributed by atoms with Crippen LogP contribution in [-0.4, -0.2) is 44.2 Å². The van der Waals surface area contributed by atoms with Crippen molar-refractivity contribution in [3.05, 3.63) is 11.4 Å². The lowest BCUT2D eigenvalue weighted by atomic mass is 9.87. The lowest BCUT2D eigenvalue weighted by Crippen LogP contribution is -2.41. The van der Waals surface area contributed by atoms with Crippen molar-refractivity contribution >= 4 is 19.9 Å². The summed E-state index contributed by atoms with van der Waals surface area (Å²) in [6.45, 7) is 5.47. The first-order valence-electron chi connectivity index (χ1n) is 8.89. The molecular formula is C16H27N3O4S2. The second-order valence-electron chi connectivity index (χ2n) is 7.49. The van der Waals surface area contributed by atoms with E-state index in [4.69, 9.17) is 0 Å². The lowest BCUT2D eigenvalue weighted by Gasteiger charge is -2.29. The second-order valence-corrected chi connectivity index (χ2v) is 11.4. The van der Waals surface area contributed by atoms with E-state index in [1.165, 1.54) is 0 Å². The van der Waals surface area contributed by atoms with Crippen LogP contribution in [0.25, 0.3) is 0 Å². The molecule has 0 radical (unpaired) electrons. The van der Waals surface area contributed by atoms with Gasteiger partial charge in [0.2, 0.25) is 10.0 Å². The second kappa shape index (κ2) is 6.66. The highest BCUT2D eigenvalue weighted by molar-refractivity contribution is 7.91. The van der Waals surface area contributed by atoms with Crippen molar-refractivity contribution < 1.29 is 16.8 Å². The Balaban J connectivity index is 1.89. The van der Waals surface area contributed by atoms with E-state index in [9.17, 15) is 16.8 Å². The third-order valence-corrected chi connectivity index (χ3v) is 8.99. The largest absolute Gasteiger partial charge is 0.264 e. The quantitative estimate of drug-likeness (QED) is 0.845. The van der Waals surface area contributed by atoms with Gasteiger partial charge in [-0.1, -0.05) is 19.8 Å². The first-order valence-corrected chi connectivity index (χ1v) is 12.2. The highest BCUT2D eigenvalue weighted by Gasteiger charge is 2.35. The Kier molecular flexibility index (Phi) is 5.02. The molecule has 7 nitrogen and oxygen atoms in total. The molecule has 3 rings (SSSR count). The topological polar surface area (TPSA) is 98.1 Å². The lowest BCUT2D eigenvalue weighted by molar-refractivity contribution is 0.310.